The van der Waals surface area contributed by atoms with Gasteiger partial charge in [0.1, 0.15) is 0 Å². The Morgan fingerprint density at radius 2 is 0.905 bits per heavy atom. The Morgan fingerprint density at radius 1 is 0.571 bits per heavy atom. The lowest BCUT2D eigenvalue weighted by molar-refractivity contribution is 0.240. The second-order valence-electron chi connectivity index (χ2n) is 6.07. The van der Waals surface area contributed by atoms with Gasteiger partial charge in [-0.3, -0.25) is 0 Å². The molecule has 126 valence electrons. The van der Waals surface area contributed by atoms with E-state index in [9.17, 15) is 4.79 Å². The zero-order valence-electron chi connectivity index (χ0n) is 14.5. The van der Waals surface area contributed by atoms with E-state index in [1.807, 2.05) is 0 Å². The van der Waals surface area contributed by atoms with E-state index < -0.39 is 0 Å². The van der Waals surface area contributed by atoms with Crippen molar-refractivity contribution >= 4 is 6.03 Å². The summed E-state index contributed by atoms with van der Waals surface area (Å²) in [6.07, 6.45) is 16.8. The van der Waals surface area contributed by atoms with E-state index in [0.29, 0.717) is 0 Å². The Bertz CT molecular complexity index is 219. The molecule has 0 radical (unpaired) electrons. The normalized spacial score (nSPS) is 10.6. The van der Waals surface area contributed by atoms with Crippen LogP contribution in [0, 0.1) is 0 Å². The molecule has 0 aliphatic heterocycles. The molecule has 0 aromatic carbocycles. The summed E-state index contributed by atoms with van der Waals surface area (Å²) >= 11 is 0. The van der Waals surface area contributed by atoms with Gasteiger partial charge in [-0.1, -0.05) is 84.5 Å². The fourth-order valence-electron chi connectivity index (χ4n) is 2.45. The summed E-state index contributed by atoms with van der Waals surface area (Å²) in [6.45, 7) is 6.05. The third kappa shape index (κ3) is 17.2. The molecule has 0 unspecified atom stereocenters. The number of carbonyl (C=O) groups is 1. The Hall–Kier alpha value is -0.730. The zero-order chi connectivity index (χ0) is 15.6. The average molecular weight is 299 g/mol. The molecule has 3 nitrogen and oxygen atoms in total. The lowest BCUT2D eigenvalue weighted by Crippen LogP contribution is -2.36. The van der Waals surface area contributed by atoms with E-state index >= 15 is 0 Å². The molecule has 0 aromatic heterocycles. The fraction of sp³-hybridized carbons (Fsp3) is 0.944. The third-order valence-corrected chi connectivity index (χ3v) is 3.88. The van der Waals surface area contributed by atoms with Gasteiger partial charge in [0.05, 0.1) is 0 Å². The maximum absolute atomic E-state index is 11.4. The topological polar surface area (TPSA) is 41.1 Å². The van der Waals surface area contributed by atoms with Crippen molar-refractivity contribution in [2.45, 2.75) is 97.3 Å². The molecule has 0 saturated carbocycles. The van der Waals surface area contributed by atoms with Gasteiger partial charge in [-0.05, 0) is 12.8 Å². The van der Waals surface area contributed by atoms with Gasteiger partial charge in [-0.25, -0.2) is 4.79 Å². The van der Waals surface area contributed by atoms with Gasteiger partial charge in [-0.15, -0.1) is 0 Å². The predicted molar refractivity (Wildman–Crippen MR) is 92.8 cm³/mol. The van der Waals surface area contributed by atoms with E-state index in [1.54, 1.807) is 0 Å². The summed E-state index contributed by atoms with van der Waals surface area (Å²) in [5, 5.41) is 5.84. The molecule has 0 heterocycles. The van der Waals surface area contributed by atoms with Crippen molar-refractivity contribution in [2.24, 2.45) is 0 Å². The number of hydrogen-bond acceptors (Lipinski definition) is 1. The van der Waals surface area contributed by atoms with Crippen molar-refractivity contribution in [3.8, 4) is 0 Å². The molecule has 21 heavy (non-hydrogen) atoms. The lowest BCUT2D eigenvalue weighted by atomic mass is 10.1. The number of amides is 2. The first kappa shape index (κ1) is 20.3. The van der Waals surface area contributed by atoms with E-state index in [-0.39, 0.29) is 6.03 Å². The number of unbranched alkanes of at least 4 members (excludes halogenated alkanes) is 11. The fourth-order valence-corrected chi connectivity index (χ4v) is 2.45. The van der Waals surface area contributed by atoms with Gasteiger partial charge >= 0.3 is 6.03 Å². The van der Waals surface area contributed by atoms with Crippen LogP contribution in [0.5, 0.6) is 0 Å². The summed E-state index contributed by atoms with van der Waals surface area (Å²) in [6, 6.07) is 0.00188. The largest absolute Gasteiger partial charge is 0.338 e. The van der Waals surface area contributed by atoms with Crippen LogP contribution in [0.25, 0.3) is 0 Å². The first-order valence-corrected chi connectivity index (χ1v) is 9.33. The first-order chi connectivity index (χ1) is 10.3. The molecule has 2 amide bonds. The van der Waals surface area contributed by atoms with Gasteiger partial charge in [0, 0.05) is 13.1 Å². The van der Waals surface area contributed by atoms with Crippen LogP contribution < -0.4 is 10.6 Å². The maximum atomic E-state index is 11.4. The summed E-state index contributed by atoms with van der Waals surface area (Å²) in [4.78, 5) is 11.4. The van der Waals surface area contributed by atoms with Crippen LogP contribution in [0.15, 0.2) is 0 Å². The Kier molecular flexibility index (Phi) is 16.7. The number of rotatable bonds is 15. The highest BCUT2D eigenvalue weighted by atomic mass is 16.2. The summed E-state index contributed by atoms with van der Waals surface area (Å²) < 4.78 is 0. The number of urea groups is 1. The van der Waals surface area contributed by atoms with Crippen LogP contribution in [-0.2, 0) is 0 Å². The second kappa shape index (κ2) is 17.3. The van der Waals surface area contributed by atoms with Crippen LogP contribution >= 0.6 is 0 Å². The maximum Gasteiger partial charge on any atom is 0.314 e. The quantitative estimate of drug-likeness (QED) is 0.391. The first-order valence-electron chi connectivity index (χ1n) is 9.33. The molecule has 0 saturated heterocycles. The number of hydrogen-bond donors (Lipinski definition) is 2. The van der Waals surface area contributed by atoms with Crippen molar-refractivity contribution in [1.82, 2.24) is 10.6 Å². The standard InChI is InChI=1S/C18H38N2O/c1-3-5-7-8-9-10-11-12-13-15-17-20-18(21)19-16-14-6-4-2/h3-17H2,1-2H3,(H2,19,20,21). The molecular formula is C18H38N2O. The molecular weight excluding hydrogens is 260 g/mol. The van der Waals surface area contributed by atoms with E-state index in [1.165, 1.54) is 70.6 Å². The highest BCUT2D eigenvalue weighted by Crippen LogP contribution is 2.10. The summed E-state index contributed by atoms with van der Waals surface area (Å²) in [5.41, 5.74) is 0. The number of carbonyl (C=O) groups excluding carboxylic acids is 1. The molecule has 0 aliphatic carbocycles. The van der Waals surface area contributed by atoms with Crippen LogP contribution in [0.2, 0.25) is 0 Å². The smallest absolute Gasteiger partial charge is 0.314 e. The predicted octanol–water partition coefficient (Wildman–Crippen LogP) is 5.40. The van der Waals surface area contributed by atoms with Crippen LogP contribution in [-0.4, -0.2) is 19.1 Å². The van der Waals surface area contributed by atoms with Crippen molar-refractivity contribution in [3.63, 3.8) is 0 Å². The summed E-state index contributed by atoms with van der Waals surface area (Å²) in [7, 11) is 0. The van der Waals surface area contributed by atoms with Crippen molar-refractivity contribution in [1.29, 1.82) is 0 Å². The van der Waals surface area contributed by atoms with E-state index in [2.05, 4.69) is 24.5 Å². The minimum Gasteiger partial charge on any atom is -0.338 e. The third-order valence-electron chi connectivity index (χ3n) is 3.88. The second-order valence-corrected chi connectivity index (χ2v) is 6.07. The highest BCUT2D eigenvalue weighted by Gasteiger charge is 1.98. The zero-order valence-corrected chi connectivity index (χ0v) is 14.5. The molecule has 0 bridgehead atoms. The minimum absolute atomic E-state index is 0.00188. The lowest BCUT2D eigenvalue weighted by Gasteiger charge is -2.07. The van der Waals surface area contributed by atoms with Gasteiger partial charge in [0.2, 0.25) is 0 Å². The molecule has 0 fully saturated rings. The molecule has 0 rings (SSSR count). The van der Waals surface area contributed by atoms with Gasteiger partial charge in [0.25, 0.3) is 0 Å². The molecule has 0 aliphatic rings. The van der Waals surface area contributed by atoms with Crippen molar-refractivity contribution < 1.29 is 4.79 Å². The minimum atomic E-state index is 0.00188. The Balaban J connectivity index is 3.09. The van der Waals surface area contributed by atoms with E-state index in [0.717, 1.165) is 25.9 Å². The monoisotopic (exact) mass is 298 g/mol. The van der Waals surface area contributed by atoms with Gasteiger partial charge in [0.15, 0.2) is 0 Å². The van der Waals surface area contributed by atoms with Crippen molar-refractivity contribution in [3.05, 3.63) is 0 Å². The van der Waals surface area contributed by atoms with Crippen LogP contribution in [0.3, 0.4) is 0 Å². The molecule has 2 N–H and O–H groups in total. The molecule has 0 aromatic rings. The molecule has 3 heteroatoms. The molecule has 0 spiro atoms. The van der Waals surface area contributed by atoms with Gasteiger partial charge < -0.3 is 10.6 Å². The van der Waals surface area contributed by atoms with Crippen LogP contribution in [0.1, 0.15) is 97.3 Å². The van der Waals surface area contributed by atoms with Gasteiger partial charge in [-0.2, -0.15) is 0 Å². The number of nitrogens with one attached hydrogen (secondary N) is 2. The average Bonchev–Trinajstić information content (AvgIpc) is 2.49. The van der Waals surface area contributed by atoms with Crippen molar-refractivity contribution in [2.75, 3.05) is 13.1 Å². The van der Waals surface area contributed by atoms with Crippen LogP contribution in [0.4, 0.5) is 4.79 Å². The molecule has 0 atom stereocenters. The highest BCUT2D eigenvalue weighted by molar-refractivity contribution is 5.73. The Morgan fingerprint density at radius 3 is 1.38 bits per heavy atom. The summed E-state index contributed by atoms with van der Waals surface area (Å²) in [5.74, 6) is 0. The SMILES string of the molecule is CCCCCCCCCCCCNC(=O)NCCCCC. The van der Waals surface area contributed by atoms with E-state index in [4.69, 9.17) is 0 Å². The Labute approximate surface area is 132 Å².